The van der Waals surface area contributed by atoms with Crippen molar-refractivity contribution in [2.45, 2.75) is 58.3 Å². The molecule has 0 heterocycles. The molecule has 1 aromatic rings. The summed E-state index contributed by atoms with van der Waals surface area (Å²) in [6.07, 6.45) is 4.70. The Morgan fingerprint density at radius 1 is 1.11 bits per heavy atom. The Kier molecular flexibility index (Phi) is 2.43. The van der Waals surface area contributed by atoms with Gasteiger partial charge in [0.1, 0.15) is 0 Å². The quantitative estimate of drug-likeness (QED) is 0.604. The predicted octanol–water partition coefficient (Wildman–Crippen LogP) is 5.37. The third kappa shape index (κ3) is 1.56. The van der Waals surface area contributed by atoms with Gasteiger partial charge in [-0.2, -0.15) is 0 Å². The molecule has 0 radical (unpaired) electrons. The lowest BCUT2D eigenvalue weighted by atomic mass is 9.82. The van der Waals surface area contributed by atoms with Gasteiger partial charge in [-0.15, -0.1) is 0 Å². The van der Waals surface area contributed by atoms with E-state index in [-0.39, 0.29) is 5.41 Å². The van der Waals surface area contributed by atoms with Gasteiger partial charge in [0, 0.05) is 4.47 Å². The Morgan fingerprint density at radius 2 is 1.78 bits per heavy atom. The van der Waals surface area contributed by atoms with Gasteiger partial charge < -0.3 is 0 Å². The maximum absolute atomic E-state index is 3.90. The van der Waals surface area contributed by atoms with Crippen LogP contribution in [-0.4, -0.2) is 0 Å². The van der Waals surface area contributed by atoms with Crippen LogP contribution in [0.15, 0.2) is 16.1 Å². The van der Waals surface area contributed by atoms with Crippen molar-refractivity contribution in [2.75, 3.05) is 0 Å². The minimum Gasteiger partial charge on any atom is -0.0683 e. The first kappa shape index (κ1) is 12.5. The van der Waals surface area contributed by atoms with Crippen molar-refractivity contribution in [2.24, 2.45) is 0 Å². The zero-order valence-corrected chi connectivity index (χ0v) is 13.5. The first-order valence-electron chi connectivity index (χ1n) is 6.76. The highest BCUT2D eigenvalue weighted by atomic mass is 79.9. The molecule has 96 valence electrons. The minimum atomic E-state index is 0.281. The van der Waals surface area contributed by atoms with Gasteiger partial charge in [0.05, 0.1) is 0 Å². The molecule has 0 nitrogen and oxygen atoms in total. The molecule has 2 aliphatic rings. The lowest BCUT2D eigenvalue weighted by Gasteiger charge is -2.23. The van der Waals surface area contributed by atoms with E-state index in [1.165, 1.54) is 27.6 Å². The van der Waals surface area contributed by atoms with E-state index in [2.05, 4.69) is 62.7 Å². The zero-order valence-electron chi connectivity index (χ0n) is 11.9. The maximum Gasteiger partial charge on any atom is 0.0256 e. The van der Waals surface area contributed by atoms with Gasteiger partial charge in [-0.1, -0.05) is 61.3 Å². The largest absolute Gasteiger partial charge is 0.0683 e. The van der Waals surface area contributed by atoms with Gasteiger partial charge in [0.2, 0.25) is 0 Å². The fraction of sp³-hybridized carbons (Fsp3) is 0.529. The number of hydrogen-bond acceptors (Lipinski definition) is 0. The van der Waals surface area contributed by atoms with E-state index in [1.54, 1.807) is 11.1 Å². The molecule has 0 aliphatic heterocycles. The average molecular weight is 305 g/mol. The molecule has 0 bridgehead atoms. The average Bonchev–Trinajstić information content (AvgIpc) is 2.63. The van der Waals surface area contributed by atoms with Crippen LogP contribution in [0.25, 0.3) is 6.08 Å². The van der Waals surface area contributed by atoms with E-state index in [1.807, 2.05) is 0 Å². The maximum atomic E-state index is 3.90. The molecule has 0 unspecified atom stereocenters. The Morgan fingerprint density at radius 3 is 2.44 bits per heavy atom. The lowest BCUT2D eigenvalue weighted by molar-refractivity contribution is 0.402. The Bertz CT molecular complexity index is 574. The molecule has 0 fully saturated rings. The summed E-state index contributed by atoms with van der Waals surface area (Å²) in [5.74, 6) is 0. The number of hydrogen-bond donors (Lipinski definition) is 0. The molecule has 0 saturated heterocycles. The highest BCUT2D eigenvalue weighted by Gasteiger charge is 2.44. The Hall–Kier alpha value is -0.560. The molecule has 0 amide bonds. The van der Waals surface area contributed by atoms with Crippen molar-refractivity contribution >= 4 is 22.0 Å². The summed E-state index contributed by atoms with van der Waals surface area (Å²) in [7, 11) is 0. The van der Waals surface area contributed by atoms with E-state index in [9.17, 15) is 0 Å². The summed E-state index contributed by atoms with van der Waals surface area (Å²) in [5.41, 5.74) is 8.08. The number of rotatable bonds is 0. The van der Waals surface area contributed by atoms with Crippen LogP contribution in [0, 0.1) is 0 Å². The number of benzene rings is 1. The summed E-state index contributed by atoms with van der Waals surface area (Å²) in [6.45, 7) is 11.8. The van der Waals surface area contributed by atoms with Crippen LogP contribution in [0.3, 0.4) is 0 Å². The summed E-state index contributed by atoms with van der Waals surface area (Å²) in [6, 6.07) is 2.45. The molecule has 0 saturated carbocycles. The van der Waals surface area contributed by atoms with Crippen molar-refractivity contribution in [3.8, 4) is 0 Å². The second-order valence-corrected chi connectivity index (χ2v) is 8.09. The Labute approximate surface area is 119 Å². The first-order valence-corrected chi connectivity index (χ1v) is 7.55. The normalized spacial score (nSPS) is 22.7. The third-order valence-corrected chi connectivity index (χ3v) is 5.42. The number of fused-ring (bicyclic) bond motifs is 2. The van der Waals surface area contributed by atoms with Gasteiger partial charge >= 0.3 is 0 Å². The fourth-order valence-corrected chi connectivity index (χ4v) is 5.22. The van der Waals surface area contributed by atoms with Crippen LogP contribution in [0.5, 0.6) is 0 Å². The lowest BCUT2D eigenvalue weighted by Crippen LogP contribution is -2.18. The molecular formula is C17H21Br. The van der Waals surface area contributed by atoms with Crippen molar-refractivity contribution < 1.29 is 0 Å². The van der Waals surface area contributed by atoms with Crippen LogP contribution < -0.4 is 0 Å². The molecular weight excluding hydrogens is 284 g/mol. The highest BCUT2D eigenvalue weighted by Crippen LogP contribution is 2.54. The standard InChI is InChI=1S/C17H21Br/c1-10-6-11-8-13-14(15(18)12(11)7-10)17(4,5)9-16(13,2)3/h6,8H,7,9H2,1-5H3. The van der Waals surface area contributed by atoms with Crippen LogP contribution in [0.2, 0.25) is 0 Å². The molecule has 3 rings (SSSR count). The van der Waals surface area contributed by atoms with Gasteiger partial charge in [0.25, 0.3) is 0 Å². The van der Waals surface area contributed by atoms with Gasteiger partial charge in [0.15, 0.2) is 0 Å². The second-order valence-electron chi connectivity index (χ2n) is 7.29. The van der Waals surface area contributed by atoms with Crippen LogP contribution >= 0.6 is 15.9 Å². The van der Waals surface area contributed by atoms with Crippen molar-refractivity contribution in [1.29, 1.82) is 0 Å². The molecule has 2 aliphatic carbocycles. The first-order chi connectivity index (χ1) is 8.22. The molecule has 1 aromatic carbocycles. The topological polar surface area (TPSA) is 0 Å². The summed E-state index contributed by atoms with van der Waals surface area (Å²) >= 11 is 3.90. The van der Waals surface area contributed by atoms with Gasteiger partial charge in [-0.25, -0.2) is 0 Å². The fourth-order valence-electron chi connectivity index (χ4n) is 4.10. The smallest absolute Gasteiger partial charge is 0.0256 e. The summed E-state index contributed by atoms with van der Waals surface area (Å²) in [5, 5.41) is 0. The summed E-state index contributed by atoms with van der Waals surface area (Å²) in [4.78, 5) is 0. The van der Waals surface area contributed by atoms with Crippen molar-refractivity contribution in [3.05, 3.63) is 38.4 Å². The van der Waals surface area contributed by atoms with Crippen LogP contribution in [-0.2, 0) is 17.3 Å². The van der Waals surface area contributed by atoms with Gasteiger partial charge in [-0.3, -0.25) is 0 Å². The third-order valence-electron chi connectivity index (χ3n) is 4.55. The molecule has 0 spiro atoms. The highest BCUT2D eigenvalue weighted by molar-refractivity contribution is 9.10. The molecule has 18 heavy (non-hydrogen) atoms. The predicted molar refractivity (Wildman–Crippen MR) is 82.2 cm³/mol. The monoisotopic (exact) mass is 304 g/mol. The zero-order chi connectivity index (χ0) is 13.3. The van der Waals surface area contributed by atoms with Gasteiger partial charge in [-0.05, 0) is 52.8 Å². The SMILES string of the molecule is CC1=Cc2cc3c(c(Br)c2C1)C(C)(C)CC3(C)C. The van der Waals surface area contributed by atoms with E-state index >= 15 is 0 Å². The van der Waals surface area contributed by atoms with Crippen molar-refractivity contribution in [1.82, 2.24) is 0 Å². The number of allylic oxidation sites excluding steroid dienone is 1. The molecule has 0 aromatic heterocycles. The molecule has 0 N–H and O–H groups in total. The second kappa shape index (κ2) is 3.50. The minimum absolute atomic E-state index is 0.281. The number of halogens is 1. The van der Waals surface area contributed by atoms with E-state index in [0.717, 1.165) is 6.42 Å². The van der Waals surface area contributed by atoms with Crippen molar-refractivity contribution in [3.63, 3.8) is 0 Å². The Balaban J connectivity index is 2.32. The van der Waals surface area contributed by atoms with E-state index in [4.69, 9.17) is 0 Å². The molecule has 0 atom stereocenters. The van der Waals surface area contributed by atoms with Crippen LogP contribution in [0.1, 0.15) is 63.3 Å². The summed E-state index contributed by atoms with van der Waals surface area (Å²) < 4.78 is 1.37. The molecule has 1 heteroatoms. The van der Waals surface area contributed by atoms with E-state index in [0.29, 0.717) is 5.41 Å². The van der Waals surface area contributed by atoms with E-state index < -0.39 is 0 Å². The van der Waals surface area contributed by atoms with Crippen LogP contribution in [0.4, 0.5) is 0 Å².